The maximum absolute atomic E-state index is 11.5. The lowest BCUT2D eigenvalue weighted by molar-refractivity contribution is -0.146. The number of carboxylic acids is 1. The molecule has 0 aromatic rings. The van der Waals surface area contributed by atoms with Gasteiger partial charge in [0.25, 0.3) is 0 Å². The minimum absolute atomic E-state index is 0.178. The molecule has 0 radical (unpaired) electrons. The number of hydrogen-bond donors (Lipinski definition) is 3. The molecule has 0 aromatic heterocycles. The molecule has 0 unspecified atom stereocenters. The van der Waals surface area contributed by atoms with Gasteiger partial charge in [0, 0.05) is 6.42 Å². The Hall–Kier alpha value is -1.59. The summed E-state index contributed by atoms with van der Waals surface area (Å²) in [6, 6.07) is -0.601. The van der Waals surface area contributed by atoms with Crippen LogP contribution in [0.2, 0.25) is 0 Å². The summed E-state index contributed by atoms with van der Waals surface area (Å²) in [5.74, 6) is -1.74. The highest BCUT2D eigenvalue weighted by Gasteiger charge is 2.34. The highest BCUT2D eigenvalue weighted by atomic mass is 16.4. The van der Waals surface area contributed by atoms with Crippen molar-refractivity contribution < 1.29 is 19.5 Å². The maximum atomic E-state index is 11.5. The van der Waals surface area contributed by atoms with Crippen molar-refractivity contribution in [2.75, 3.05) is 0 Å². The third-order valence-electron chi connectivity index (χ3n) is 2.28. The number of nitrogens with one attached hydrogen (secondary N) is 2. The zero-order valence-corrected chi connectivity index (χ0v) is 8.66. The van der Waals surface area contributed by atoms with Gasteiger partial charge in [-0.15, -0.1) is 0 Å². The first-order chi connectivity index (χ1) is 6.83. The third-order valence-corrected chi connectivity index (χ3v) is 2.28. The summed E-state index contributed by atoms with van der Waals surface area (Å²) in [6.07, 6.45) is 0.728. The fourth-order valence-electron chi connectivity index (χ4n) is 1.26. The van der Waals surface area contributed by atoms with E-state index in [0.717, 1.165) is 0 Å². The van der Waals surface area contributed by atoms with Crippen LogP contribution in [0.3, 0.4) is 0 Å². The Morgan fingerprint density at radius 3 is 2.53 bits per heavy atom. The normalized spacial score (nSPS) is 20.9. The van der Waals surface area contributed by atoms with Gasteiger partial charge in [-0.3, -0.25) is 9.59 Å². The minimum atomic E-state index is -1.32. The summed E-state index contributed by atoms with van der Waals surface area (Å²) < 4.78 is 0. The molecule has 15 heavy (non-hydrogen) atoms. The van der Waals surface area contributed by atoms with Gasteiger partial charge in [0.2, 0.25) is 11.8 Å². The second kappa shape index (κ2) is 3.88. The lowest BCUT2D eigenvalue weighted by atomic mass is 10.1. The van der Waals surface area contributed by atoms with E-state index in [-0.39, 0.29) is 5.91 Å². The van der Waals surface area contributed by atoms with Gasteiger partial charge in [0.05, 0.1) is 0 Å². The fourth-order valence-corrected chi connectivity index (χ4v) is 1.26. The number of aliphatic carboxylic acids is 1. The van der Waals surface area contributed by atoms with Crippen molar-refractivity contribution in [1.82, 2.24) is 10.6 Å². The van der Waals surface area contributed by atoms with Crippen LogP contribution < -0.4 is 10.6 Å². The Labute approximate surface area is 87.0 Å². The van der Waals surface area contributed by atoms with Crippen LogP contribution in [0.1, 0.15) is 26.7 Å². The van der Waals surface area contributed by atoms with Crippen molar-refractivity contribution in [2.24, 2.45) is 0 Å². The molecule has 0 aromatic carbocycles. The monoisotopic (exact) mass is 214 g/mol. The second-order valence-electron chi connectivity index (χ2n) is 4.08. The average molecular weight is 214 g/mol. The molecule has 0 aliphatic carbocycles. The van der Waals surface area contributed by atoms with E-state index in [9.17, 15) is 14.4 Å². The van der Waals surface area contributed by atoms with E-state index < -0.39 is 23.5 Å². The van der Waals surface area contributed by atoms with Gasteiger partial charge in [0.15, 0.2) is 0 Å². The first kappa shape index (κ1) is 11.5. The Balaban J connectivity index is 2.56. The quantitative estimate of drug-likeness (QED) is 0.575. The molecule has 1 aliphatic rings. The van der Waals surface area contributed by atoms with Crippen LogP contribution >= 0.6 is 0 Å². The summed E-state index contributed by atoms with van der Waals surface area (Å²) in [4.78, 5) is 33.1. The predicted molar refractivity (Wildman–Crippen MR) is 51.0 cm³/mol. The molecule has 1 saturated heterocycles. The van der Waals surface area contributed by atoms with Crippen molar-refractivity contribution in [3.63, 3.8) is 0 Å². The van der Waals surface area contributed by atoms with Crippen molar-refractivity contribution in [2.45, 2.75) is 38.3 Å². The highest BCUT2D eigenvalue weighted by Crippen LogP contribution is 2.09. The zero-order chi connectivity index (χ0) is 11.6. The molecule has 1 rings (SSSR count). The van der Waals surface area contributed by atoms with Crippen molar-refractivity contribution >= 4 is 17.8 Å². The molecule has 0 saturated carbocycles. The summed E-state index contributed by atoms with van der Waals surface area (Å²) in [5.41, 5.74) is -1.32. The third kappa shape index (κ3) is 2.68. The highest BCUT2D eigenvalue weighted by molar-refractivity contribution is 5.93. The van der Waals surface area contributed by atoms with Crippen LogP contribution in [0.15, 0.2) is 0 Å². The van der Waals surface area contributed by atoms with Gasteiger partial charge in [-0.05, 0) is 20.3 Å². The van der Waals surface area contributed by atoms with Crippen LogP contribution in [0, 0.1) is 0 Å². The molecule has 1 atom stereocenters. The molecule has 6 heteroatoms. The van der Waals surface area contributed by atoms with Crippen molar-refractivity contribution in [3.8, 4) is 0 Å². The Morgan fingerprint density at radius 1 is 1.53 bits per heavy atom. The topological polar surface area (TPSA) is 95.5 Å². The Morgan fingerprint density at radius 2 is 2.13 bits per heavy atom. The molecular formula is C9H14N2O4. The first-order valence-electron chi connectivity index (χ1n) is 4.68. The maximum Gasteiger partial charge on any atom is 0.328 e. The second-order valence-corrected chi connectivity index (χ2v) is 4.08. The fraction of sp³-hybridized carbons (Fsp3) is 0.667. The van der Waals surface area contributed by atoms with Gasteiger partial charge >= 0.3 is 5.97 Å². The van der Waals surface area contributed by atoms with Crippen LogP contribution in [0.4, 0.5) is 0 Å². The lowest BCUT2D eigenvalue weighted by Gasteiger charge is -2.23. The SMILES string of the molecule is CC(C)(NC(=O)[C@H]1CCC(=O)N1)C(=O)O. The van der Waals surface area contributed by atoms with E-state index >= 15 is 0 Å². The first-order valence-corrected chi connectivity index (χ1v) is 4.68. The van der Waals surface area contributed by atoms with Gasteiger partial charge in [-0.25, -0.2) is 4.79 Å². The number of carbonyl (C=O) groups is 3. The number of amides is 2. The van der Waals surface area contributed by atoms with E-state index in [4.69, 9.17) is 5.11 Å². The lowest BCUT2D eigenvalue weighted by Crippen LogP contribution is -2.54. The minimum Gasteiger partial charge on any atom is -0.480 e. The van der Waals surface area contributed by atoms with E-state index in [1.165, 1.54) is 13.8 Å². The summed E-state index contributed by atoms with van der Waals surface area (Å²) in [6.45, 7) is 2.79. The van der Waals surface area contributed by atoms with E-state index in [1.54, 1.807) is 0 Å². The molecule has 84 valence electrons. The van der Waals surface area contributed by atoms with Crippen LogP contribution in [-0.2, 0) is 14.4 Å². The summed E-state index contributed by atoms with van der Waals surface area (Å²) in [7, 11) is 0. The summed E-state index contributed by atoms with van der Waals surface area (Å²) in [5, 5.41) is 13.6. The molecule has 0 bridgehead atoms. The van der Waals surface area contributed by atoms with Crippen molar-refractivity contribution in [1.29, 1.82) is 0 Å². The van der Waals surface area contributed by atoms with Crippen LogP contribution in [0.25, 0.3) is 0 Å². The molecule has 2 amide bonds. The number of carboxylic acid groups (broad SMARTS) is 1. The largest absolute Gasteiger partial charge is 0.480 e. The number of hydrogen-bond acceptors (Lipinski definition) is 3. The summed E-state index contributed by atoms with van der Waals surface area (Å²) >= 11 is 0. The number of carbonyl (C=O) groups excluding carboxylic acids is 2. The van der Waals surface area contributed by atoms with E-state index in [1.807, 2.05) is 0 Å². The van der Waals surface area contributed by atoms with Gasteiger partial charge in [0.1, 0.15) is 11.6 Å². The number of rotatable bonds is 3. The molecule has 6 nitrogen and oxygen atoms in total. The zero-order valence-electron chi connectivity index (χ0n) is 8.66. The smallest absolute Gasteiger partial charge is 0.328 e. The van der Waals surface area contributed by atoms with Gasteiger partial charge < -0.3 is 15.7 Å². The molecular weight excluding hydrogens is 200 g/mol. The Bertz CT molecular complexity index is 311. The molecule has 1 heterocycles. The van der Waals surface area contributed by atoms with E-state index in [2.05, 4.69) is 10.6 Å². The van der Waals surface area contributed by atoms with Crippen LogP contribution in [0.5, 0.6) is 0 Å². The molecule has 1 fully saturated rings. The standard InChI is InChI=1S/C9H14N2O4/c1-9(2,8(14)15)11-7(13)5-3-4-6(12)10-5/h5H,3-4H2,1-2H3,(H,10,12)(H,11,13)(H,14,15)/t5-/m1/s1. The predicted octanol–water partition coefficient (Wildman–Crippen LogP) is -0.756. The molecule has 3 N–H and O–H groups in total. The Kier molecular flexibility index (Phi) is 2.97. The molecule has 1 aliphatic heterocycles. The van der Waals surface area contributed by atoms with Crippen molar-refractivity contribution in [3.05, 3.63) is 0 Å². The van der Waals surface area contributed by atoms with Gasteiger partial charge in [-0.2, -0.15) is 0 Å². The average Bonchev–Trinajstić information content (AvgIpc) is 2.50. The van der Waals surface area contributed by atoms with Crippen LogP contribution in [-0.4, -0.2) is 34.5 Å². The van der Waals surface area contributed by atoms with Gasteiger partial charge in [-0.1, -0.05) is 0 Å². The van der Waals surface area contributed by atoms with E-state index in [0.29, 0.717) is 12.8 Å². The molecule has 0 spiro atoms.